The molecule has 1 aliphatic carbocycles. The van der Waals surface area contributed by atoms with Crippen LogP contribution < -0.4 is 0 Å². The van der Waals surface area contributed by atoms with Gasteiger partial charge in [0.25, 0.3) is 0 Å². The fraction of sp³-hybridized carbons (Fsp3) is 0.933. The topological polar surface area (TPSA) is 20.3 Å². The molecule has 1 heterocycles. The molecule has 1 saturated heterocycles. The Labute approximate surface area is 106 Å². The molecule has 0 N–H and O–H groups in total. The lowest BCUT2D eigenvalue weighted by Crippen LogP contribution is -2.46. The zero-order valence-electron chi connectivity index (χ0n) is 11.3. The highest BCUT2D eigenvalue weighted by Gasteiger charge is 2.29. The van der Waals surface area contributed by atoms with Crippen LogP contribution in [0, 0.1) is 0 Å². The summed E-state index contributed by atoms with van der Waals surface area (Å²) in [6, 6.07) is 1.34. The minimum absolute atomic E-state index is 0.371. The number of piperidine rings is 1. The smallest absolute Gasteiger partial charge is 0.131 e. The molecule has 98 valence electrons. The van der Waals surface area contributed by atoms with Crippen LogP contribution in [0.1, 0.15) is 71.1 Å². The van der Waals surface area contributed by atoms with E-state index < -0.39 is 0 Å². The molecular weight excluding hydrogens is 210 g/mol. The van der Waals surface area contributed by atoms with Gasteiger partial charge in [-0.25, -0.2) is 0 Å². The molecule has 2 nitrogen and oxygen atoms in total. The van der Waals surface area contributed by atoms with E-state index in [1.54, 1.807) is 6.92 Å². The third kappa shape index (κ3) is 3.80. The van der Waals surface area contributed by atoms with E-state index in [-0.39, 0.29) is 0 Å². The number of hydrogen-bond donors (Lipinski definition) is 0. The molecule has 1 saturated carbocycles. The summed E-state index contributed by atoms with van der Waals surface area (Å²) in [5.41, 5.74) is 0. The fourth-order valence-corrected chi connectivity index (χ4v) is 3.64. The molecule has 0 bridgehead atoms. The lowest BCUT2D eigenvalue weighted by molar-refractivity contribution is -0.118. The monoisotopic (exact) mass is 237 g/mol. The molecule has 0 amide bonds. The summed E-state index contributed by atoms with van der Waals surface area (Å²) in [6.07, 6.45) is 13.1. The molecular formula is C15H27NO. The first kappa shape index (κ1) is 13.1. The van der Waals surface area contributed by atoms with Crippen LogP contribution in [0.5, 0.6) is 0 Å². The van der Waals surface area contributed by atoms with E-state index in [4.69, 9.17) is 0 Å². The van der Waals surface area contributed by atoms with Gasteiger partial charge in [0.2, 0.25) is 0 Å². The Balaban J connectivity index is 1.96. The van der Waals surface area contributed by atoms with Crippen molar-refractivity contribution in [2.45, 2.75) is 83.2 Å². The van der Waals surface area contributed by atoms with E-state index >= 15 is 0 Å². The Hall–Kier alpha value is -0.370. The van der Waals surface area contributed by atoms with Gasteiger partial charge in [-0.05, 0) is 39.2 Å². The van der Waals surface area contributed by atoms with Crippen LogP contribution in [-0.4, -0.2) is 29.3 Å². The number of likely N-dealkylation sites (tertiary alicyclic amines) is 1. The molecule has 0 aromatic heterocycles. The van der Waals surface area contributed by atoms with Gasteiger partial charge < -0.3 is 0 Å². The number of carbonyl (C=O) groups excluding carboxylic acids is 1. The van der Waals surface area contributed by atoms with Gasteiger partial charge in [-0.15, -0.1) is 0 Å². The van der Waals surface area contributed by atoms with E-state index in [0.717, 1.165) is 12.5 Å². The van der Waals surface area contributed by atoms with Crippen molar-refractivity contribution in [2.24, 2.45) is 0 Å². The highest BCUT2D eigenvalue weighted by molar-refractivity contribution is 5.76. The Bertz CT molecular complexity index is 243. The molecule has 0 radical (unpaired) electrons. The largest absolute Gasteiger partial charge is 0.300 e. The molecule has 0 aromatic carbocycles. The van der Waals surface area contributed by atoms with Gasteiger partial charge in [0.1, 0.15) is 5.78 Å². The first-order valence-electron chi connectivity index (χ1n) is 7.52. The molecule has 0 aromatic rings. The minimum Gasteiger partial charge on any atom is -0.300 e. The number of Topliss-reactive ketones (excluding diaryl/α,β-unsaturated/α-hetero) is 1. The van der Waals surface area contributed by atoms with Crippen LogP contribution in [0.25, 0.3) is 0 Å². The zero-order chi connectivity index (χ0) is 12.1. The average Bonchev–Trinajstić information content (AvgIpc) is 2.57. The van der Waals surface area contributed by atoms with Gasteiger partial charge in [0.15, 0.2) is 0 Å². The standard InChI is InChI=1S/C15H27NO/c1-13(17)12-15-10-6-7-11-16(15)14-8-4-2-3-5-9-14/h14-15H,2-12H2,1H3. The minimum atomic E-state index is 0.371. The molecule has 2 rings (SSSR count). The maximum atomic E-state index is 11.4. The first-order chi connectivity index (χ1) is 8.27. The number of nitrogens with zero attached hydrogens (tertiary/aromatic N) is 1. The van der Waals surface area contributed by atoms with Gasteiger partial charge in [0.05, 0.1) is 0 Å². The van der Waals surface area contributed by atoms with Crippen molar-refractivity contribution in [3.63, 3.8) is 0 Å². The second-order valence-electron chi connectivity index (χ2n) is 5.94. The summed E-state index contributed by atoms with van der Waals surface area (Å²) in [6.45, 7) is 2.99. The fourth-order valence-electron chi connectivity index (χ4n) is 3.64. The third-order valence-electron chi connectivity index (χ3n) is 4.49. The predicted molar refractivity (Wildman–Crippen MR) is 71.1 cm³/mol. The Morgan fingerprint density at radius 2 is 1.65 bits per heavy atom. The molecule has 2 aliphatic rings. The van der Waals surface area contributed by atoms with Gasteiger partial charge in [-0.3, -0.25) is 9.69 Å². The van der Waals surface area contributed by atoms with Crippen LogP contribution in [0.3, 0.4) is 0 Å². The van der Waals surface area contributed by atoms with E-state index in [0.29, 0.717) is 11.8 Å². The molecule has 1 atom stereocenters. The second-order valence-corrected chi connectivity index (χ2v) is 5.94. The Morgan fingerprint density at radius 3 is 2.29 bits per heavy atom. The maximum Gasteiger partial charge on any atom is 0.131 e. The molecule has 2 fully saturated rings. The van der Waals surface area contributed by atoms with Crippen molar-refractivity contribution in [1.29, 1.82) is 0 Å². The summed E-state index contributed by atoms with van der Waals surface area (Å²) in [7, 11) is 0. The highest BCUT2D eigenvalue weighted by Crippen LogP contribution is 2.29. The van der Waals surface area contributed by atoms with Crippen LogP contribution in [-0.2, 0) is 4.79 Å². The number of ketones is 1. The first-order valence-corrected chi connectivity index (χ1v) is 7.52. The Morgan fingerprint density at radius 1 is 1.00 bits per heavy atom. The normalized spacial score (nSPS) is 28.9. The molecule has 17 heavy (non-hydrogen) atoms. The van der Waals surface area contributed by atoms with E-state index in [2.05, 4.69) is 4.90 Å². The Kier molecular flexibility index (Phi) is 5.02. The quantitative estimate of drug-likeness (QED) is 0.700. The number of hydrogen-bond acceptors (Lipinski definition) is 2. The highest BCUT2D eigenvalue weighted by atomic mass is 16.1. The van der Waals surface area contributed by atoms with Gasteiger partial charge in [-0.2, -0.15) is 0 Å². The van der Waals surface area contributed by atoms with E-state index in [1.807, 2.05) is 0 Å². The van der Waals surface area contributed by atoms with E-state index in [1.165, 1.54) is 64.3 Å². The van der Waals surface area contributed by atoms with Crippen LogP contribution >= 0.6 is 0 Å². The van der Waals surface area contributed by atoms with Crippen molar-refractivity contribution in [1.82, 2.24) is 4.90 Å². The lowest BCUT2D eigenvalue weighted by atomic mass is 9.93. The van der Waals surface area contributed by atoms with Gasteiger partial charge >= 0.3 is 0 Å². The van der Waals surface area contributed by atoms with Crippen LogP contribution in [0.4, 0.5) is 0 Å². The summed E-state index contributed by atoms with van der Waals surface area (Å²) in [4.78, 5) is 14.1. The number of rotatable bonds is 3. The third-order valence-corrected chi connectivity index (χ3v) is 4.49. The summed E-state index contributed by atoms with van der Waals surface area (Å²) in [5.74, 6) is 0.371. The second kappa shape index (κ2) is 6.53. The van der Waals surface area contributed by atoms with E-state index in [9.17, 15) is 4.79 Å². The van der Waals surface area contributed by atoms with Crippen molar-refractivity contribution < 1.29 is 4.79 Å². The molecule has 1 aliphatic heterocycles. The van der Waals surface area contributed by atoms with Crippen molar-refractivity contribution in [3.05, 3.63) is 0 Å². The molecule has 2 heteroatoms. The van der Waals surface area contributed by atoms with Crippen molar-refractivity contribution >= 4 is 5.78 Å². The summed E-state index contributed by atoms with van der Waals surface area (Å²) < 4.78 is 0. The number of carbonyl (C=O) groups is 1. The van der Waals surface area contributed by atoms with Gasteiger partial charge in [0, 0.05) is 18.5 Å². The van der Waals surface area contributed by atoms with Crippen LogP contribution in [0.2, 0.25) is 0 Å². The lowest BCUT2D eigenvalue weighted by Gasteiger charge is -2.41. The molecule has 0 spiro atoms. The van der Waals surface area contributed by atoms with Gasteiger partial charge in [-0.1, -0.05) is 32.1 Å². The summed E-state index contributed by atoms with van der Waals surface area (Å²) in [5, 5.41) is 0. The SMILES string of the molecule is CC(=O)CC1CCCCN1C1CCCCCC1. The molecule has 1 unspecified atom stereocenters. The summed E-state index contributed by atoms with van der Waals surface area (Å²) >= 11 is 0. The zero-order valence-corrected chi connectivity index (χ0v) is 11.3. The average molecular weight is 237 g/mol. The predicted octanol–water partition coefficient (Wildman–Crippen LogP) is 3.54. The van der Waals surface area contributed by atoms with Crippen molar-refractivity contribution in [3.8, 4) is 0 Å². The maximum absolute atomic E-state index is 11.4. The van der Waals surface area contributed by atoms with Crippen LogP contribution in [0.15, 0.2) is 0 Å². The van der Waals surface area contributed by atoms with Crippen molar-refractivity contribution in [2.75, 3.05) is 6.54 Å².